The maximum atomic E-state index is 11.6. The lowest BCUT2D eigenvalue weighted by atomic mass is 9.95. The molecule has 0 spiro atoms. The molecule has 0 heterocycles. The number of rotatable bonds is 6. The SMILES string of the molecule is CC(C)[C@H](C)C(=O)NC(CO)(CO)CO. The first-order valence-electron chi connectivity index (χ1n) is 5.07. The smallest absolute Gasteiger partial charge is 0.223 e. The molecule has 0 aliphatic rings. The molecule has 0 saturated carbocycles. The Labute approximate surface area is 90.1 Å². The first kappa shape index (κ1) is 14.3. The standard InChI is InChI=1S/C10H21NO4/c1-7(2)8(3)9(15)11-10(4-12,5-13)6-14/h7-8,12-14H,4-6H2,1-3H3,(H,11,15)/t8-/m0/s1. The number of aliphatic hydroxyl groups is 3. The summed E-state index contributed by atoms with van der Waals surface area (Å²) in [4.78, 5) is 11.6. The van der Waals surface area contributed by atoms with Crippen molar-refractivity contribution in [2.24, 2.45) is 11.8 Å². The van der Waals surface area contributed by atoms with Gasteiger partial charge in [-0.2, -0.15) is 0 Å². The molecule has 0 bridgehead atoms. The van der Waals surface area contributed by atoms with Crippen molar-refractivity contribution in [2.75, 3.05) is 19.8 Å². The minimum absolute atomic E-state index is 0.166. The second-order valence-corrected chi connectivity index (χ2v) is 4.28. The van der Waals surface area contributed by atoms with E-state index in [0.717, 1.165) is 0 Å². The number of amides is 1. The van der Waals surface area contributed by atoms with Crippen molar-refractivity contribution in [2.45, 2.75) is 26.3 Å². The Morgan fingerprint density at radius 1 is 1.13 bits per heavy atom. The fraction of sp³-hybridized carbons (Fsp3) is 0.900. The van der Waals surface area contributed by atoms with Crippen LogP contribution < -0.4 is 5.32 Å². The van der Waals surface area contributed by atoms with Gasteiger partial charge in [-0.25, -0.2) is 0 Å². The molecule has 90 valence electrons. The van der Waals surface area contributed by atoms with E-state index in [1.807, 2.05) is 13.8 Å². The van der Waals surface area contributed by atoms with Gasteiger partial charge >= 0.3 is 0 Å². The van der Waals surface area contributed by atoms with Gasteiger partial charge in [0.25, 0.3) is 0 Å². The summed E-state index contributed by atoms with van der Waals surface area (Å²) in [6.45, 7) is 4.10. The normalized spacial score (nSPS) is 14.1. The summed E-state index contributed by atoms with van der Waals surface area (Å²) in [6.07, 6.45) is 0. The summed E-state index contributed by atoms with van der Waals surface area (Å²) in [5.74, 6) is -0.338. The number of carbonyl (C=O) groups is 1. The molecular formula is C10H21NO4. The van der Waals surface area contributed by atoms with Gasteiger partial charge in [0.15, 0.2) is 0 Å². The molecule has 0 aromatic rings. The van der Waals surface area contributed by atoms with E-state index in [9.17, 15) is 4.79 Å². The van der Waals surface area contributed by atoms with E-state index in [1.165, 1.54) is 0 Å². The summed E-state index contributed by atoms with van der Waals surface area (Å²) in [7, 11) is 0. The number of hydrogen-bond acceptors (Lipinski definition) is 4. The largest absolute Gasteiger partial charge is 0.394 e. The Bertz CT molecular complexity index is 193. The summed E-state index contributed by atoms with van der Waals surface area (Å²) in [6, 6.07) is 0. The van der Waals surface area contributed by atoms with Gasteiger partial charge < -0.3 is 20.6 Å². The maximum absolute atomic E-state index is 11.6. The molecule has 4 N–H and O–H groups in total. The van der Waals surface area contributed by atoms with E-state index in [-0.39, 0.29) is 17.7 Å². The van der Waals surface area contributed by atoms with Crippen molar-refractivity contribution in [3.63, 3.8) is 0 Å². The van der Waals surface area contributed by atoms with Gasteiger partial charge in [0.1, 0.15) is 5.54 Å². The Kier molecular flexibility index (Phi) is 5.79. The highest BCUT2D eigenvalue weighted by molar-refractivity contribution is 5.79. The predicted molar refractivity (Wildman–Crippen MR) is 56.1 cm³/mol. The van der Waals surface area contributed by atoms with Crippen LogP contribution in [0.25, 0.3) is 0 Å². The molecule has 1 atom stereocenters. The summed E-state index contributed by atoms with van der Waals surface area (Å²) >= 11 is 0. The second kappa shape index (κ2) is 6.05. The second-order valence-electron chi connectivity index (χ2n) is 4.28. The van der Waals surface area contributed by atoms with E-state index in [2.05, 4.69) is 5.32 Å². The summed E-state index contributed by atoms with van der Waals surface area (Å²) in [5.41, 5.74) is -1.32. The predicted octanol–water partition coefficient (Wildman–Crippen LogP) is -0.890. The van der Waals surface area contributed by atoms with E-state index in [1.54, 1.807) is 6.92 Å². The molecule has 0 rings (SSSR count). The van der Waals surface area contributed by atoms with Gasteiger partial charge in [0.2, 0.25) is 5.91 Å². The van der Waals surface area contributed by atoms with Crippen LogP contribution in [0.15, 0.2) is 0 Å². The quantitative estimate of drug-likeness (QED) is 0.466. The van der Waals surface area contributed by atoms with Crippen molar-refractivity contribution in [3.8, 4) is 0 Å². The van der Waals surface area contributed by atoms with Gasteiger partial charge in [-0.1, -0.05) is 20.8 Å². The summed E-state index contributed by atoms with van der Waals surface area (Å²) in [5, 5.41) is 29.5. The van der Waals surface area contributed by atoms with Gasteiger partial charge in [-0.3, -0.25) is 4.79 Å². The van der Waals surface area contributed by atoms with Crippen LogP contribution in [0.5, 0.6) is 0 Å². The fourth-order valence-corrected chi connectivity index (χ4v) is 0.947. The lowest BCUT2D eigenvalue weighted by Gasteiger charge is -2.30. The molecule has 0 saturated heterocycles. The van der Waals surface area contributed by atoms with Crippen LogP contribution in [-0.4, -0.2) is 46.6 Å². The van der Waals surface area contributed by atoms with Crippen LogP contribution in [0.2, 0.25) is 0 Å². The Hall–Kier alpha value is -0.650. The molecule has 0 unspecified atom stereocenters. The molecule has 0 fully saturated rings. The first-order valence-corrected chi connectivity index (χ1v) is 5.07. The van der Waals surface area contributed by atoms with Crippen LogP contribution in [0, 0.1) is 11.8 Å². The maximum Gasteiger partial charge on any atom is 0.223 e. The molecule has 5 heteroatoms. The third-order valence-corrected chi connectivity index (χ3v) is 2.71. The zero-order chi connectivity index (χ0) is 12.1. The summed E-state index contributed by atoms with van der Waals surface area (Å²) < 4.78 is 0. The van der Waals surface area contributed by atoms with E-state index >= 15 is 0 Å². The highest BCUT2D eigenvalue weighted by atomic mass is 16.3. The van der Waals surface area contributed by atoms with Crippen molar-refractivity contribution in [3.05, 3.63) is 0 Å². The topological polar surface area (TPSA) is 89.8 Å². The third kappa shape index (κ3) is 3.77. The van der Waals surface area contributed by atoms with Gasteiger partial charge in [-0.05, 0) is 5.92 Å². The molecule has 1 amide bonds. The van der Waals surface area contributed by atoms with Crippen LogP contribution in [0.1, 0.15) is 20.8 Å². The molecule has 15 heavy (non-hydrogen) atoms. The third-order valence-electron chi connectivity index (χ3n) is 2.71. The van der Waals surface area contributed by atoms with Crippen molar-refractivity contribution in [1.82, 2.24) is 5.32 Å². The Balaban J connectivity index is 4.48. The minimum atomic E-state index is -1.32. The highest BCUT2D eigenvalue weighted by Gasteiger charge is 2.32. The van der Waals surface area contributed by atoms with E-state index < -0.39 is 25.4 Å². The monoisotopic (exact) mass is 219 g/mol. The zero-order valence-electron chi connectivity index (χ0n) is 9.53. The first-order chi connectivity index (χ1) is 6.92. The average molecular weight is 219 g/mol. The molecule has 0 aromatic heterocycles. The molecule has 0 radical (unpaired) electrons. The zero-order valence-corrected chi connectivity index (χ0v) is 9.53. The van der Waals surface area contributed by atoms with Crippen molar-refractivity contribution in [1.29, 1.82) is 0 Å². The molecule has 0 aliphatic heterocycles. The number of carbonyl (C=O) groups excluding carboxylic acids is 1. The Morgan fingerprint density at radius 2 is 1.53 bits per heavy atom. The van der Waals surface area contributed by atoms with E-state index in [0.29, 0.717) is 0 Å². The molecular weight excluding hydrogens is 198 g/mol. The van der Waals surface area contributed by atoms with Gasteiger partial charge in [0.05, 0.1) is 19.8 Å². The van der Waals surface area contributed by atoms with E-state index in [4.69, 9.17) is 15.3 Å². The van der Waals surface area contributed by atoms with Crippen LogP contribution >= 0.6 is 0 Å². The highest BCUT2D eigenvalue weighted by Crippen LogP contribution is 2.12. The molecule has 0 aliphatic carbocycles. The minimum Gasteiger partial charge on any atom is -0.394 e. The molecule has 5 nitrogen and oxygen atoms in total. The van der Waals surface area contributed by atoms with Gasteiger partial charge in [-0.15, -0.1) is 0 Å². The van der Waals surface area contributed by atoms with Crippen LogP contribution in [0.4, 0.5) is 0 Å². The molecule has 0 aromatic carbocycles. The number of nitrogens with one attached hydrogen (secondary N) is 1. The van der Waals surface area contributed by atoms with Crippen LogP contribution in [0.3, 0.4) is 0 Å². The van der Waals surface area contributed by atoms with Crippen molar-refractivity contribution < 1.29 is 20.1 Å². The average Bonchev–Trinajstić information content (AvgIpc) is 2.24. The number of hydrogen-bond donors (Lipinski definition) is 4. The number of aliphatic hydroxyl groups excluding tert-OH is 3. The lowest BCUT2D eigenvalue weighted by molar-refractivity contribution is -0.130. The van der Waals surface area contributed by atoms with Crippen LogP contribution in [-0.2, 0) is 4.79 Å². The Morgan fingerprint density at radius 3 is 1.80 bits per heavy atom. The fourth-order valence-electron chi connectivity index (χ4n) is 0.947. The lowest BCUT2D eigenvalue weighted by Crippen LogP contribution is -2.58. The van der Waals surface area contributed by atoms with Crippen molar-refractivity contribution >= 4 is 5.91 Å². The van der Waals surface area contributed by atoms with Gasteiger partial charge in [0, 0.05) is 5.92 Å².